The highest BCUT2D eigenvalue weighted by Gasteiger charge is 2.27. The zero-order valence-corrected chi connectivity index (χ0v) is 12.9. The van der Waals surface area contributed by atoms with Gasteiger partial charge in [-0.15, -0.1) is 0 Å². The molecular weight excluding hydrogens is 282 g/mol. The maximum Gasteiger partial charge on any atom is 0.254 e. The first-order valence-electron chi connectivity index (χ1n) is 7.21. The summed E-state index contributed by atoms with van der Waals surface area (Å²) in [6, 6.07) is 8.10. The second-order valence-electron chi connectivity index (χ2n) is 5.36. The van der Waals surface area contributed by atoms with E-state index in [2.05, 4.69) is 9.88 Å². The third-order valence-corrected chi connectivity index (χ3v) is 4.69. The van der Waals surface area contributed by atoms with Gasteiger partial charge in [-0.05, 0) is 36.4 Å². The lowest BCUT2D eigenvalue weighted by atomic mass is 10.0. The molecular formula is C16H19N3OS. The summed E-state index contributed by atoms with van der Waals surface area (Å²) < 4.78 is 0. The average Bonchev–Trinajstić information content (AvgIpc) is 3.09. The summed E-state index contributed by atoms with van der Waals surface area (Å²) in [6.07, 6.45) is 3.96. The molecule has 0 spiro atoms. The monoisotopic (exact) mass is 301 g/mol. The summed E-state index contributed by atoms with van der Waals surface area (Å²) in [4.78, 5) is 21.0. The molecule has 0 radical (unpaired) electrons. The molecule has 4 nitrogen and oxygen atoms in total. The van der Waals surface area contributed by atoms with Gasteiger partial charge in [-0.1, -0.05) is 6.07 Å². The number of hydrogen-bond donors (Lipinski definition) is 0. The van der Waals surface area contributed by atoms with Crippen molar-refractivity contribution in [2.75, 3.05) is 25.0 Å². The van der Waals surface area contributed by atoms with E-state index in [9.17, 15) is 4.79 Å². The first kappa shape index (κ1) is 14.1. The first-order valence-corrected chi connectivity index (χ1v) is 8.15. The number of nitrogens with zero attached hydrogens (tertiary/aromatic N) is 3. The molecule has 2 aromatic rings. The van der Waals surface area contributed by atoms with Crippen LogP contribution in [0.15, 0.2) is 41.2 Å². The molecule has 3 heterocycles. The van der Waals surface area contributed by atoms with Crippen molar-refractivity contribution in [1.29, 1.82) is 0 Å². The van der Waals surface area contributed by atoms with Crippen molar-refractivity contribution in [3.8, 4) is 0 Å². The highest BCUT2D eigenvalue weighted by atomic mass is 32.1. The predicted octanol–water partition coefficient (Wildman–Crippen LogP) is 2.88. The maximum absolute atomic E-state index is 12.4. The maximum atomic E-state index is 12.4. The zero-order chi connectivity index (χ0) is 14.7. The first-order chi connectivity index (χ1) is 10.3. The Morgan fingerprint density at radius 1 is 1.43 bits per heavy atom. The van der Waals surface area contributed by atoms with Crippen molar-refractivity contribution < 1.29 is 4.79 Å². The smallest absolute Gasteiger partial charge is 0.254 e. The van der Waals surface area contributed by atoms with Gasteiger partial charge in [0.2, 0.25) is 0 Å². The highest BCUT2D eigenvalue weighted by Crippen LogP contribution is 2.21. The van der Waals surface area contributed by atoms with E-state index < -0.39 is 0 Å². The zero-order valence-electron chi connectivity index (χ0n) is 12.1. The quantitative estimate of drug-likeness (QED) is 0.874. The van der Waals surface area contributed by atoms with Crippen LogP contribution < -0.4 is 4.90 Å². The molecule has 0 aromatic carbocycles. The van der Waals surface area contributed by atoms with E-state index in [-0.39, 0.29) is 11.9 Å². The number of carbonyl (C=O) groups excluding carboxylic acids is 1. The molecule has 1 fully saturated rings. The Labute approximate surface area is 129 Å². The third kappa shape index (κ3) is 3.08. The SMILES string of the molecule is CN(C(=O)c1ccsc1)[C@H]1CCCN(c2ccccn2)C1. The van der Waals surface area contributed by atoms with Crippen molar-refractivity contribution in [3.63, 3.8) is 0 Å². The lowest BCUT2D eigenvalue weighted by Gasteiger charge is -2.38. The van der Waals surface area contributed by atoms with Gasteiger partial charge < -0.3 is 9.80 Å². The molecule has 3 rings (SSSR count). The molecule has 0 N–H and O–H groups in total. The molecule has 2 aromatic heterocycles. The van der Waals surface area contributed by atoms with Crippen molar-refractivity contribution in [3.05, 3.63) is 46.8 Å². The van der Waals surface area contributed by atoms with Gasteiger partial charge in [-0.25, -0.2) is 4.98 Å². The van der Waals surface area contributed by atoms with E-state index in [1.54, 1.807) is 11.3 Å². The van der Waals surface area contributed by atoms with E-state index >= 15 is 0 Å². The number of pyridine rings is 1. The number of thiophene rings is 1. The third-order valence-electron chi connectivity index (χ3n) is 4.01. The lowest BCUT2D eigenvalue weighted by Crippen LogP contribution is -2.48. The van der Waals surface area contributed by atoms with Crippen molar-refractivity contribution >= 4 is 23.1 Å². The molecule has 110 valence electrons. The van der Waals surface area contributed by atoms with E-state index in [0.29, 0.717) is 0 Å². The van der Waals surface area contributed by atoms with Crippen LogP contribution in [0.5, 0.6) is 0 Å². The minimum atomic E-state index is 0.115. The summed E-state index contributed by atoms with van der Waals surface area (Å²) in [5.41, 5.74) is 0.789. The van der Waals surface area contributed by atoms with Crippen LogP contribution in [0, 0.1) is 0 Å². The van der Waals surface area contributed by atoms with Crippen LogP contribution in [0.4, 0.5) is 5.82 Å². The Hall–Kier alpha value is -1.88. The number of likely N-dealkylation sites (N-methyl/N-ethyl adjacent to an activating group) is 1. The van der Waals surface area contributed by atoms with Crippen LogP contribution in [0.25, 0.3) is 0 Å². The van der Waals surface area contributed by atoms with Gasteiger partial charge in [-0.3, -0.25) is 4.79 Å². The summed E-state index contributed by atoms with van der Waals surface area (Å²) >= 11 is 1.56. The van der Waals surface area contributed by atoms with Gasteiger partial charge in [0.15, 0.2) is 0 Å². The van der Waals surface area contributed by atoms with Crippen LogP contribution in [0.3, 0.4) is 0 Å². The predicted molar refractivity (Wildman–Crippen MR) is 85.9 cm³/mol. The Morgan fingerprint density at radius 3 is 3.05 bits per heavy atom. The van der Waals surface area contributed by atoms with E-state index in [1.807, 2.05) is 53.2 Å². The van der Waals surface area contributed by atoms with Crippen LogP contribution in [-0.2, 0) is 0 Å². The number of rotatable bonds is 3. The molecule has 1 amide bonds. The van der Waals surface area contributed by atoms with Gasteiger partial charge >= 0.3 is 0 Å². The molecule has 1 saturated heterocycles. The number of hydrogen-bond acceptors (Lipinski definition) is 4. The minimum Gasteiger partial charge on any atom is -0.355 e. The fraction of sp³-hybridized carbons (Fsp3) is 0.375. The number of piperidine rings is 1. The second-order valence-corrected chi connectivity index (χ2v) is 6.14. The molecule has 0 saturated carbocycles. The normalized spacial score (nSPS) is 18.5. The highest BCUT2D eigenvalue weighted by molar-refractivity contribution is 7.08. The van der Waals surface area contributed by atoms with Gasteiger partial charge in [0.25, 0.3) is 5.91 Å². The van der Waals surface area contributed by atoms with Crippen LogP contribution in [0.1, 0.15) is 23.2 Å². The van der Waals surface area contributed by atoms with Crippen LogP contribution >= 0.6 is 11.3 Å². The van der Waals surface area contributed by atoms with Crippen molar-refractivity contribution in [2.45, 2.75) is 18.9 Å². The van der Waals surface area contributed by atoms with Gasteiger partial charge in [0.05, 0.1) is 5.56 Å². The minimum absolute atomic E-state index is 0.115. The van der Waals surface area contributed by atoms with E-state index in [1.165, 1.54) is 0 Å². The fourth-order valence-electron chi connectivity index (χ4n) is 2.78. The topological polar surface area (TPSA) is 36.4 Å². The van der Waals surface area contributed by atoms with E-state index in [0.717, 1.165) is 37.3 Å². The molecule has 21 heavy (non-hydrogen) atoms. The average molecular weight is 301 g/mol. The molecule has 0 aliphatic carbocycles. The standard InChI is InChI=1S/C16H19N3OS/c1-18(16(20)13-7-10-21-12-13)14-5-4-9-19(11-14)15-6-2-3-8-17-15/h2-3,6-8,10,12,14H,4-5,9,11H2,1H3/t14-/m0/s1. The van der Waals surface area contributed by atoms with Crippen LogP contribution in [-0.4, -0.2) is 42.0 Å². The van der Waals surface area contributed by atoms with Crippen LogP contribution in [0.2, 0.25) is 0 Å². The fourth-order valence-corrected chi connectivity index (χ4v) is 3.41. The molecule has 0 unspecified atom stereocenters. The number of amides is 1. The van der Waals surface area contributed by atoms with Gasteiger partial charge in [-0.2, -0.15) is 11.3 Å². The number of aromatic nitrogens is 1. The molecule has 1 atom stereocenters. The Kier molecular flexibility index (Phi) is 4.20. The molecule has 0 bridgehead atoms. The Bertz CT molecular complexity index is 585. The summed E-state index contributed by atoms with van der Waals surface area (Å²) in [6.45, 7) is 1.86. The second kappa shape index (κ2) is 6.26. The summed E-state index contributed by atoms with van der Waals surface area (Å²) in [5, 5.41) is 3.86. The Morgan fingerprint density at radius 2 is 2.33 bits per heavy atom. The summed E-state index contributed by atoms with van der Waals surface area (Å²) in [5.74, 6) is 1.11. The molecule has 1 aliphatic rings. The van der Waals surface area contributed by atoms with Gasteiger partial charge in [0, 0.05) is 37.8 Å². The van der Waals surface area contributed by atoms with E-state index in [4.69, 9.17) is 0 Å². The number of carbonyl (C=O) groups is 1. The lowest BCUT2D eigenvalue weighted by molar-refractivity contribution is 0.0718. The Balaban J connectivity index is 1.70. The largest absolute Gasteiger partial charge is 0.355 e. The molecule has 1 aliphatic heterocycles. The molecule has 5 heteroatoms. The van der Waals surface area contributed by atoms with Gasteiger partial charge in [0.1, 0.15) is 5.82 Å². The van der Waals surface area contributed by atoms with Crippen molar-refractivity contribution in [2.24, 2.45) is 0 Å². The number of anilines is 1. The summed E-state index contributed by atoms with van der Waals surface area (Å²) in [7, 11) is 1.91. The van der Waals surface area contributed by atoms with Crippen molar-refractivity contribution in [1.82, 2.24) is 9.88 Å².